The summed E-state index contributed by atoms with van der Waals surface area (Å²) in [5.74, 6) is -2.87. The van der Waals surface area contributed by atoms with E-state index in [1.165, 1.54) is 12.1 Å². The molecule has 0 aliphatic heterocycles. The highest BCUT2D eigenvalue weighted by Gasteiger charge is 2.16. The van der Waals surface area contributed by atoms with Crippen molar-refractivity contribution in [1.29, 1.82) is 0 Å². The SMILES string of the molecule is CN(C)c1ccccc1NC(=O)c1cccc(F)c1F. The molecule has 0 bridgehead atoms. The Morgan fingerprint density at radius 1 is 1.05 bits per heavy atom. The van der Waals surface area contributed by atoms with Gasteiger partial charge in [-0.25, -0.2) is 8.78 Å². The number of anilines is 2. The fourth-order valence-corrected chi connectivity index (χ4v) is 1.84. The molecule has 0 saturated carbocycles. The van der Waals surface area contributed by atoms with Crippen molar-refractivity contribution >= 4 is 17.3 Å². The van der Waals surface area contributed by atoms with E-state index >= 15 is 0 Å². The molecule has 0 aliphatic carbocycles. The maximum Gasteiger partial charge on any atom is 0.258 e. The summed E-state index contributed by atoms with van der Waals surface area (Å²) in [6.45, 7) is 0. The fourth-order valence-electron chi connectivity index (χ4n) is 1.84. The van der Waals surface area contributed by atoms with Crippen molar-refractivity contribution in [2.75, 3.05) is 24.3 Å². The number of nitrogens with one attached hydrogen (secondary N) is 1. The van der Waals surface area contributed by atoms with Crippen molar-refractivity contribution in [1.82, 2.24) is 0 Å². The Hall–Kier alpha value is -2.43. The van der Waals surface area contributed by atoms with Crippen LogP contribution < -0.4 is 10.2 Å². The summed E-state index contributed by atoms with van der Waals surface area (Å²) >= 11 is 0. The number of nitrogens with zero attached hydrogens (tertiary/aromatic N) is 1. The lowest BCUT2D eigenvalue weighted by Crippen LogP contribution is -2.18. The molecule has 0 spiro atoms. The van der Waals surface area contributed by atoms with Crippen LogP contribution in [0, 0.1) is 11.6 Å². The van der Waals surface area contributed by atoms with Gasteiger partial charge in [0.1, 0.15) is 0 Å². The first kappa shape index (κ1) is 14.0. The third kappa shape index (κ3) is 2.77. The highest BCUT2D eigenvalue weighted by atomic mass is 19.2. The zero-order valence-electron chi connectivity index (χ0n) is 11.2. The molecule has 2 aromatic carbocycles. The summed E-state index contributed by atoms with van der Waals surface area (Å²) in [6, 6.07) is 10.6. The topological polar surface area (TPSA) is 32.3 Å². The lowest BCUT2D eigenvalue weighted by molar-refractivity contribution is 0.102. The quantitative estimate of drug-likeness (QED) is 0.933. The molecule has 0 heterocycles. The van der Waals surface area contributed by atoms with E-state index in [0.717, 1.165) is 11.8 Å². The highest BCUT2D eigenvalue weighted by Crippen LogP contribution is 2.24. The van der Waals surface area contributed by atoms with Crippen LogP contribution in [0.5, 0.6) is 0 Å². The van der Waals surface area contributed by atoms with Crippen LogP contribution in [0.25, 0.3) is 0 Å². The monoisotopic (exact) mass is 276 g/mol. The summed E-state index contributed by atoms with van der Waals surface area (Å²) in [7, 11) is 3.65. The zero-order valence-corrected chi connectivity index (χ0v) is 11.2. The predicted molar refractivity (Wildman–Crippen MR) is 75.1 cm³/mol. The maximum atomic E-state index is 13.6. The minimum absolute atomic E-state index is 0.321. The second kappa shape index (κ2) is 5.69. The van der Waals surface area contributed by atoms with Gasteiger partial charge in [-0.15, -0.1) is 0 Å². The molecule has 3 nitrogen and oxygen atoms in total. The minimum Gasteiger partial charge on any atom is -0.376 e. The highest BCUT2D eigenvalue weighted by molar-refractivity contribution is 6.06. The van der Waals surface area contributed by atoms with Gasteiger partial charge < -0.3 is 10.2 Å². The molecule has 1 amide bonds. The lowest BCUT2D eigenvalue weighted by Gasteiger charge is -2.17. The number of rotatable bonds is 3. The molecular formula is C15H14F2N2O. The van der Waals surface area contributed by atoms with Gasteiger partial charge in [0.15, 0.2) is 11.6 Å². The van der Waals surface area contributed by atoms with E-state index in [2.05, 4.69) is 5.32 Å². The van der Waals surface area contributed by atoms with Gasteiger partial charge in [-0.3, -0.25) is 4.79 Å². The molecule has 0 aromatic heterocycles. The van der Waals surface area contributed by atoms with Gasteiger partial charge in [0.25, 0.3) is 5.91 Å². The molecule has 0 atom stereocenters. The van der Waals surface area contributed by atoms with Crippen LogP contribution in [0.3, 0.4) is 0 Å². The average Bonchev–Trinajstić information content (AvgIpc) is 2.42. The fraction of sp³-hybridized carbons (Fsp3) is 0.133. The van der Waals surface area contributed by atoms with Crippen molar-refractivity contribution in [3.63, 3.8) is 0 Å². The largest absolute Gasteiger partial charge is 0.376 e. The van der Waals surface area contributed by atoms with Gasteiger partial charge >= 0.3 is 0 Å². The van der Waals surface area contributed by atoms with Crippen molar-refractivity contribution in [2.24, 2.45) is 0 Å². The first-order chi connectivity index (χ1) is 9.50. The molecule has 0 radical (unpaired) electrons. The minimum atomic E-state index is -1.15. The Morgan fingerprint density at radius 3 is 2.45 bits per heavy atom. The van der Waals surface area contributed by atoms with Crippen LogP contribution in [-0.4, -0.2) is 20.0 Å². The molecule has 2 aromatic rings. The third-order valence-corrected chi connectivity index (χ3v) is 2.83. The third-order valence-electron chi connectivity index (χ3n) is 2.83. The van der Waals surface area contributed by atoms with Crippen LogP contribution in [-0.2, 0) is 0 Å². The molecule has 0 fully saturated rings. The van der Waals surface area contributed by atoms with Crippen LogP contribution in [0.4, 0.5) is 20.2 Å². The number of para-hydroxylation sites is 2. The van der Waals surface area contributed by atoms with E-state index in [4.69, 9.17) is 0 Å². The van der Waals surface area contributed by atoms with E-state index in [1.807, 2.05) is 31.1 Å². The molecule has 104 valence electrons. The first-order valence-corrected chi connectivity index (χ1v) is 6.02. The van der Waals surface area contributed by atoms with Crippen LogP contribution in [0.2, 0.25) is 0 Å². The Morgan fingerprint density at radius 2 is 1.75 bits per heavy atom. The number of carbonyl (C=O) groups excluding carboxylic acids is 1. The number of amides is 1. The Kier molecular flexibility index (Phi) is 3.98. The van der Waals surface area contributed by atoms with Gasteiger partial charge in [0.05, 0.1) is 16.9 Å². The van der Waals surface area contributed by atoms with E-state index in [9.17, 15) is 13.6 Å². The van der Waals surface area contributed by atoms with E-state index in [-0.39, 0.29) is 5.56 Å². The van der Waals surface area contributed by atoms with Crippen molar-refractivity contribution < 1.29 is 13.6 Å². The van der Waals surface area contributed by atoms with E-state index in [0.29, 0.717) is 5.69 Å². The molecule has 2 rings (SSSR count). The van der Waals surface area contributed by atoms with Gasteiger partial charge in [0.2, 0.25) is 0 Å². The van der Waals surface area contributed by atoms with Gasteiger partial charge in [-0.1, -0.05) is 18.2 Å². The average molecular weight is 276 g/mol. The Labute approximate surface area is 115 Å². The Balaban J connectivity index is 2.31. The van der Waals surface area contributed by atoms with Gasteiger partial charge in [-0.2, -0.15) is 0 Å². The van der Waals surface area contributed by atoms with Crippen LogP contribution in [0.15, 0.2) is 42.5 Å². The number of carbonyl (C=O) groups is 1. The van der Waals surface area contributed by atoms with Crippen LogP contribution >= 0.6 is 0 Å². The molecular weight excluding hydrogens is 262 g/mol. The predicted octanol–water partition coefficient (Wildman–Crippen LogP) is 3.28. The van der Waals surface area contributed by atoms with Crippen LogP contribution in [0.1, 0.15) is 10.4 Å². The standard InChI is InChI=1S/C15H14F2N2O/c1-19(2)13-9-4-3-8-12(13)18-15(20)10-6-5-7-11(16)14(10)17/h3-9H,1-2H3,(H,18,20). The second-order valence-electron chi connectivity index (χ2n) is 4.47. The van der Waals surface area contributed by atoms with E-state index < -0.39 is 17.5 Å². The molecule has 1 N–H and O–H groups in total. The molecule has 0 aliphatic rings. The van der Waals surface area contributed by atoms with Gasteiger partial charge in [-0.05, 0) is 24.3 Å². The Bertz CT molecular complexity index is 642. The summed E-state index contributed by atoms with van der Waals surface area (Å²) < 4.78 is 26.7. The van der Waals surface area contributed by atoms with Gasteiger partial charge in [0, 0.05) is 14.1 Å². The summed E-state index contributed by atoms with van der Waals surface area (Å²) in [6.07, 6.45) is 0. The molecule has 20 heavy (non-hydrogen) atoms. The molecule has 0 saturated heterocycles. The number of halogens is 2. The normalized spacial score (nSPS) is 10.2. The number of hydrogen-bond donors (Lipinski definition) is 1. The van der Waals surface area contributed by atoms with Crippen molar-refractivity contribution in [2.45, 2.75) is 0 Å². The summed E-state index contributed by atoms with van der Waals surface area (Å²) in [5, 5.41) is 2.59. The first-order valence-electron chi connectivity index (χ1n) is 6.02. The second-order valence-corrected chi connectivity index (χ2v) is 4.47. The zero-order chi connectivity index (χ0) is 14.7. The number of benzene rings is 2. The number of hydrogen-bond acceptors (Lipinski definition) is 2. The summed E-state index contributed by atoms with van der Waals surface area (Å²) in [5.41, 5.74) is 0.988. The van der Waals surface area contributed by atoms with Crippen molar-refractivity contribution in [3.8, 4) is 0 Å². The van der Waals surface area contributed by atoms with E-state index in [1.54, 1.807) is 12.1 Å². The summed E-state index contributed by atoms with van der Waals surface area (Å²) in [4.78, 5) is 13.8. The van der Waals surface area contributed by atoms with Crippen molar-refractivity contribution in [3.05, 3.63) is 59.7 Å². The maximum absolute atomic E-state index is 13.6. The molecule has 5 heteroatoms. The smallest absolute Gasteiger partial charge is 0.258 e. The molecule has 0 unspecified atom stereocenters. The lowest BCUT2D eigenvalue weighted by atomic mass is 10.1.